The van der Waals surface area contributed by atoms with E-state index in [0.717, 1.165) is 16.5 Å². The van der Waals surface area contributed by atoms with Crippen molar-refractivity contribution in [1.29, 1.82) is 0 Å². The summed E-state index contributed by atoms with van der Waals surface area (Å²) < 4.78 is 5.21. The fraction of sp³-hybridized carbons (Fsp3) is 0.348. The SMILES string of the molecule is NCCC[C@H](NC(=O)[C@@H](N)Cc1ccco1)C(=O)N[C@@H](Cc1c[nH]c2ccccc12)C(=O)O. The van der Waals surface area contributed by atoms with Crippen LogP contribution >= 0.6 is 0 Å². The highest BCUT2D eigenvalue weighted by Gasteiger charge is 2.28. The van der Waals surface area contributed by atoms with E-state index in [0.29, 0.717) is 18.7 Å². The monoisotopic (exact) mass is 455 g/mol. The Kier molecular flexibility index (Phi) is 8.22. The number of carboxylic acid groups (broad SMARTS) is 1. The van der Waals surface area contributed by atoms with Gasteiger partial charge in [-0.1, -0.05) is 18.2 Å². The molecule has 0 saturated carbocycles. The zero-order valence-electron chi connectivity index (χ0n) is 18.1. The van der Waals surface area contributed by atoms with Crippen LogP contribution < -0.4 is 22.1 Å². The van der Waals surface area contributed by atoms with Gasteiger partial charge in [0.05, 0.1) is 12.3 Å². The van der Waals surface area contributed by atoms with E-state index in [4.69, 9.17) is 15.9 Å². The number of aromatic amines is 1. The molecule has 3 atom stereocenters. The number of aliphatic carboxylic acids is 1. The number of furan rings is 1. The quantitative estimate of drug-likeness (QED) is 0.232. The van der Waals surface area contributed by atoms with Gasteiger partial charge < -0.3 is 36.6 Å². The fourth-order valence-electron chi connectivity index (χ4n) is 3.60. The molecule has 2 heterocycles. The van der Waals surface area contributed by atoms with Crippen molar-refractivity contribution < 1.29 is 23.9 Å². The fourth-order valence-corrected chi connectivity index (χ4v) is 3.60. The number of H-pyrrole nitrogens is 1. The Morgan fingerprint density at radius 1 is 1.03 bits per heavy atom. The number of amides is 2. The number of nitrogens with one attached hydrogen (secondary N) is 3. The summed E-state index contributed by atoms with van der Waals surface area (Å²) in [4.78, 5) is 40.5. The van der Waals surface area contributed by atoms with Crippen molar-refractivity contribution in [2.75, 3.05) is 6.54 Å². The van der Waals surface area contributed by atoms with Gasteiger partial charge in [0.15, 0.2) is 0 Å². The van der Waals surface area contributed by atoms with Crippen molar-refractivity contribution >= 4 is 28.7 Å². The minimum absolute atomic E-state index is 0.0840. The lowest BCUT2D eigenvalue weighted by atomic mass is 10.0. The number of hydrogen-bond acceptors (Lipinski definition) is 6. The van der Waals surface area contributed by atoms with Gasteiger partial charge in [0.1, 0.15) is 17.8 Å². The molecular weight excluding hydrogens is 426 g/mol. The molecule has 176 valence electrons. The summed E-state index contributed by atoms with van der Waals surface area (Å²) in [6, 6.07) is 7.83. The topological polar surface area (TPSA) is 176 Å². The lowest BCUT2D eigenvalue weighted by Gasteiger charge is -2.22. The van der Waals surface area contributed by atoms with Gasteiger partial charge in [-0.15, -0.1) is 0 Å². The molecule has 10 heteroatoms. The van der Waals surface area contributed by atoms with Gasteiger partial charge in [0.25, 0.3) is 0 Å². The van der Waals surface area contributed by atoms with Crippen LogP contribution in [-0.4, -0.2) is 52.5 Å². The van der Waals surface area contributed by atoms with Crippen molar-refractivity contribution in [3.05, 3.63) is 60.2 Å². The highest BCUT2D eigenvalue weighted by Crippen LogP contribution is 2.19. The molecule has 1 aromatic carbocycles. The molecule has 33 heavy (non-hydrogen) atoms. The molecule has 2 amide bonds. The lowest BCUT2D eigenvalue weighted by molar-refractivity contribution is -0.142. The molecule has 0 saturated heterocycles. The van der Waals surface area contributed by atoms with Gasteiger partial charge in [-0.05, 0) is 43.1 Å². The van der Waals surface area contributed by atoms with Crippen LogP contribution in [0.5, 0.6) is 0 Å². The van der Waals surface area contributed by atoms with Crippen LogP contribution in [0, 0.1) is 0 Å². The number of nitrogens with two attached hydrogens (primary N) is 2. The van der Waals surface area contributed by atoms with E-state index in [9.17, 15) is 19.5 Å². The normalized spacial score (nSPS) is 13.9. The molecule has 2 aromatic heterocycles. The number of aromatic nitrogens is 1. The molecular formula is C23H29N5O5. The summed E-state index contributed by atoms with van der Waals surface area (Å²) in [6.07, 6.45) is 4.18. The summed E-state index contributed by atoms with van der Waals surface area (Å²) in [6.45, 7) is 0.315. The van der Waals surface area contributed by atoms with Crippen LogP contribution in [0.1, 0.15) is 24.2 Å². The number of hydrogen-bond donors (Lipinski definition) is 6. The van der Waals surface area contributed by atoms with Crippen LogP contribution in [0.4, 0.5) is 0 Å². The third-order valence-electron chi connectivity index (χ3n) is 5.38. The number of carbonyl (C=O) groups excluding carboxylic acids is 2. The van der Waals surface area contributed by atoms with E-state index in [1.807, 2.05) is 24.3 Å². The smallest absolute Gasteiger partial charge is 0.326 e. The number of rotatable bonds is 12. The Morgan fingerprint density at radius 3 is 2.48 bits per heavy atom. The Hall–Kier alpha value is -3.63. The summed E-state index contributed by atoms with van der Waals surface area (Å²) in [5.74, 6) is -1.77. The van der Waals surface area contributed by atoms with Gasteiger partial charge >= 0.3 is 5.97 Å². The molecule has 8 N–H and O–H groups in total. The highest BCUT2D eigenvalue weighted by molar-refractivity contribution is 5.92. The first-order valence-electron chi connectivity index (χ1n) is 10.8. The number of para-hydroxylation sites is 1. The van der Waals surface area contributed by atoms with Gasteiger partial charge in [0, 0.05) is 29.9 Å². The average molecular weight is 456 g/mol. The highest BCUT2D eigenvalue weighted by atomic mass is 16.4. The Balaban J connectivity index is 1.67. The standard InChI is InChI=1S/C23H29N5O5/c24-9-3-8-19(27-21(29)17(25)12-15-5-4-10-33-15)22(30)28-20(23(31)32)11-14-13-26-18-7-2-1-6-16(14)18/h1-2,4-7,10,13,17,19-20,26H,3,8-9,11-12,24-25H2,(H,27,29)(H,28,30)(H,31,32)/t17-,19-,20-/m0/s1. The molecule has 0 bridgehead atoms. The molecule has 0 spiro atoms. The van der Waals surface area contributed by atoms with Crippen LogP contribution in [0.25, 0.3) is 10.9 Å². The first-order valence-corrected chi connectivity index (χ1v) is 10.8. The Labute approximate surface area is 190 Å². The first-order chi connectivity index (χ1) is 15.9. The molecule has 0 unspecified atom stereocenters. The maximum Gasteiger partial charge on any atom is 0.326 e. The summed E-state index contributed by atoms with van der Waals surface area (Å²) >= 11 is 0. The maximum absolute atomic E-state index is 12.9. The minimum Gasteiger partial charge on any atom is -0.480 e. The van der Waals surface area contributed by atoms with Crippen molar-refractivity contribution in [2.24, 2.45) is 11.5 Å². The van der Waals surface area contributed by atoms with Crippen molar-refractivity contribution in [2.45, 2.75) is 43.8 Å². The molecule has 10 nitrogen and oxygen atoms in total. The Morgan fingerprint density at radius 2 is 1.79 bits per heavy atom. The predicted molar refractivity (Wildman–Crippen MR) is 122 cm³/mol. The van der Waals surface area contributed by atoms with Crippen LogP contribution in [-0.2, 0) is 27.2 Å². The first kappa shape index (κ1) is 24.0. The van der Waals surface area contributed by atoms with E-state index in [-0.39, 0.29) is 19.3 Å². The van der Waals surface area contributed by atoms with Crippen molar-refractivity contribution in [3.8, 4) is 0 Å². The van der Waals surface area contributed by atoms with E-state index in [2.05, 4.69) is 15.6 Å². The van der Waals surface area contributed by atoms with Gasteiger partial charge in [-0.3, -0.25) is 9.59 Å². The summed E-state index contributed by atoms with van der Waals surface area (Å²) in [7, 11) is 0. The minimum atomic E-state index is -1.18. The number of fused-ring (bicyclic) bond motifs is 1. The lowest BCUT2D eigenvalue weighted by Crippen LogP contribution is -2.55. The van der Waals surface area contributed by atoms with Crippen LogP contribution in [0.2, 0.25) is 0 Å². The van der Waals surface area contributed by atoms with Crippen LogP contribution in [0.15, 0.2) is 53.3 Å². The number of carbonyl (C=O) groups is 3. The van der Waals surface area contributed by atoms with E-state index >= 15 is 0 Å². The van der Waals surface area contributed by atoms with E-state index < -0.39 is 35.9 Å². The maximum atomic E-state index is 12.9. The molecule has 0 aliphatic heterocycles. The predicted octanol–water partition coefficient (Wildman–Crippen LogP) is 0.667. The third-order valence-corrected chi connectivity index (χ3v) is 5.38. The molecule has 0 fully saturated rings. The van der Waals surface area contributed by atoms with Crippen molar-refractivity contribution in [3.63, 3.8) is 0 Å². The molecule has 3 rings (SSSR count). The molecule has 3 aromatic rings. The zero-order valence-corrected chi connectivity index (χ0v) is 18.1. The molecule has 0 radical (unpaired) electrons. The van der Waals surface area contributed by atoms with Crippen molar-refractivity contribution in [1.82, 2.24) is 15.6 Å². The third kappa shape index (κ3) is 6.43. The second kappa shape index (κ2) is 11.3. The van der Waals surface area contributed by atoms with Gasteiger partial charge in [-0.2, -0.15) is 0 Å². The summed E-state index contributed by atoms with van der Waals surface area (Å²) in [5, 5.41) is 15.8. The summed E-state index contributed by atoms with van der Waals surface area (Å²) in [5.41, 5.74) is 13.2. The van der Waals surface area contributed by atoms with Crippen LogP contribution in [0.3, 0.4) is 0 Å². The average Bonchev–Trinajstić information content (AvgIpc) is 3.45. The number of carboxylic acids is 1. The van der Waals surface area contributed by atoms with E-state index in [1.54, 1.807) is 18.3 Å². The van der Waals surface area contributed by atoms with E-state index in [1.165, 1.54) is 6.26 Å². The van der Waals surface area contributed by atoms with Gasteiger partial charge in [0.2, 0.25) is 11.8 Å². The Bertz CT molecular complexity index is 1080. The molecule has 0 aliphatic rings. The second-order valence-corrected chi connectivity index (χ2v) is 7.85. The number of benzene rings is 1. The largest absolute Gasteiger partial charge is 0.480 e. The van der Waals surface area contributed by atoms with Gasteiger partial charge in [-0.25, -0.2) is 4.79 Å². The second-order valence-electron chi connectivity index (χ2n) is 7.85. The molecule has 0 aliphatic carbocycles. The zero-order chi connectivity index (χ0) is 23.8.